The predicted molar refractivity (Wildman–Crippen MR) is 41.8 cm³/mol. The first-order valence-corrected chi connectivity index (χ1v) is 3.13. The molecule has 0 aromatic rings. The smallest absolute Gasteiger partial charge is 0.199 e. The summed E-state index contributed by atoms with van der Waals surface area (Å²) in [4.78, 5) is 10.6. The average Bonchev–Trinajstić information content (AvgIpc) is 2.34. The van der Waals surface area contributed by atoms with E-state index in [9.17, 15) is 0 Å². The van der Waals surface area contributed by atoms with E-state index in [4.69, 9.17) is 11.5 Å². The lowest BCUT2D eigenvalue weighted by Gasteiger charge is -2.01. The van der Waals surface area contributed by atoms with E-state index >= 15 is 0 Å². The molecule has 5 nitrogen and oxygen atoms in total. The normalized spacial score (nSPS) is 10.5. The molecule has 0 aromatic carbocycles. The van der Waals surface area contributed by atoms with Gasteiger partial charge in [-0.15, -0.1) is 0 Å². The monoisotopic (exact) mass is 149 g/mol. The van der Waals surface area contributed by atoms with Gasteiger partial charge in [-0.25, -0.2) is 0 Å². The molecule has 0 aromatic heterocycles. The summed E-state index contributed by atoms with van der Waals surface area (Å²) in [6, 6.07) is 1.80. The van der Waals surface area contributed by atoms with Crippen LogP contribution in [0.3, 0.4) is 0 Å². The van der Waals surface area contributed by atoms with Crippen molar-refractivity contribution < 1.29 is 0 Å². The molecule has 56 valence electrons. The SMILES string of the molecule is Nc1nc(N)c2nccc-2[nH]1. The number of H-pyrrole nitrogens is 1. The molecule has 0 saturated heterocycles. The Morgan fingerprint density at radius 2 is 2.18 bits per heavy atom. The van der Waals surface area contributed by atoms with E-state index in [1.165, 1.54) is 0 Å². The van der Waals surface area contributed by atoms with Gasteiger partial charge < -0.3 is 16.5 Å². The number of hydrogen-bond donors (Lipinski definition) is 3. The van der Waals surface area contributed by atoms with Crippen LogP contribution in [0.5, 0.6) is 0 Å². The average molecular weight is 149 g/mol. The van der Waals surface area contributed by atoms with Crippen LogP contribution < -0.4 is 11.5 Å². The molecule has 5 heteroatoms. The lowest BCUT2D eigenvalue weighted by atomic mass is 10.3. The fourth-order valence-electron chi connectivity index (χ4n) is 0.988. The van der Waals surface area contributed by atoms with Gasteiger partial charge in [0.25, 0.3) is 0 Å². The third kappa shape index (κ3) is 0.778. The number of nitrogens with zero attached hydrogens (tertiary/aromatic N) is 2. The predicted octanol–water partition coefficient (Wildman–Crippen LogP) is 0.0739. The van der Waals surface area contributed by atoms with Gasteiger partial charge in [0, 0.05) is 6.20 Å². The summed E-state index contributed by atoms with van der Waals surface area (Å²) in [5.74, 6) is 0.671. The number of aromatic amines is 1. The first kappa shape index (κ1) is 5.96. The van der Waals surface area contributed by atoms with Gasteiger partial charge >= 0.3 is 0 Å². The number of nitrogen functional groups attached to an aromatic ring is 2. The van der Waals surface area contributed by atoms with E-state index in [2.05, 4.69) is 15.0 Å². The van der Waals surface area contributed by atoms with Gasteiger partial charge in [0.1, 0.15) is 5.69 Å². The van der Waals surface area contributed by atoms with Gasteiger partial charge in [-0.3, -0.25) is 4.98 Å². The maximum atomic E-state index is 5.53. The molecule has 0 bridgehead atoms. The number of aromatic nitrogens is 3. The Labute approximate surface area is 62.8 Å². The van der Waals surface area contributed by atoms with Crippen molar-refractivity contribution >= 4 is 11.8 Å². The van der Waals surface area contributed by atoms with Crippen LogP contribution in [0.15, 0.2) is 12.3 Å². The summed E-state index contributed by atoms with van der Waals surface area (Å²) >= 11 is 0. The molecule has 0 aliphatic carbocycles. The zero-order chi connectivity index (χ0) is 7.84. The fourth-order valence-corrected chi connectivity index (χ4v) is 0.988. The highest BCUT2D eigenvalue weighted by atomic mass is 15.1. The fraction of sp³-hybridized carbons (Fsp3) is 0. The number of anilines is 2. The number of nitrogens with one attached hydrogen (secondary N) is 1. The van der Waals surface area contributed by atoms with Crippen molar-refractivity contribution in [2.24, 2.45) is 0 Å². The molecule has 2 aliphatic rings. The van der Waals surface area contributed by atoms with Gasteiger partial charge in [0.15, 0.2) is 11.8 Å². The van der Waals surface area contributed by atoms with E-state index < -0.39 is 0 Å². The van der Waals surface area contributed by atoms with Gasteiger partial charge in [0.2, 0.25) is 0 Å². The van der Waals surface area contributed by atoms with E-state index in [0.717, 1.165) is 5.69 Å². The van der Waals surface area contributed by atoms with Crippen LogP contribution in [-0.4, -0.2) is 15.0 Å². The summed E-state index contributed by atoms with van der Waals surface area (Å²) in [5, 5.41) is 0. The third-order valence-corrected chi connectivity index (χ3v) is 1.45. The molecule has 11 heavy (non-hydrogen) atoms. The second-order valence-corrected chi connectivity index (χ2v) is 2.21. The van der Waals surface area contributed by atoms with Crippen LogP contribution in [0, 0.1) is 0 Å². The summed E-state index contributed by atoms with van der Waals surface area (Å²) in [6.07, 6.45) is 1.65. The number of fused-ring (bicyclic) bond motifs is 1. The van der Waals surface area contributed by atoms with Gasteiger partial charge in [0.05, 0.1) is 5.69 Å². The first-order chi connectivity index (χ1) is 5.27. The molecule has 2 heterocycles. The molecule has 0 radical (unpaired) electrons. The lowest BCUT2D eigenvalue weighted by molar-refractivity contribution is 1.18. The highest BCUT2D eigenvalue weighted by Gasteiger charge is 2.09. The van der Waals surface area contributed by atoms with Crippen LogP contribution >= 0.6 is 0 Å². The molecule has 0 spiro atoms. The molecule has 0 fully saturated rings. The van der Waals surface area contributed by atoms with E-state index in [-0.39, 0.29) is 0 Å². The van der Waals surface area contributed by atoms with Crippen molar-refractivity contribution in [1.29, 1.82) is 0 Å². The van der Waals surface area contributed by atoms with Crippen LogP contribution in [0.1, 0.15) is 0 Å². The molecule has 2 rings (SSSR count). The zero-order valence-electron chi connectivity index (χ0n) is 5.70. The summed E-state index contributed by atoms with van der Waals surface area (Å²) in [7, 11) is 0. The Morgan fingerprint density at radius 3 is 3.00 bits per heavy atom. The van der Waals surface area contributed by atoms with E-state index in [1.807, 2.05) is 0 Å². The van der Waals surface area contributed by atoms with Crippen molar-refractivity contribution in [2.75, 3.05) is 11.5 Å². The Hall–Kier alpha value is -1.78. The van der Waals surface area contributed by atoms with Crippen molar-refractivity contribution in [3.8, 4) is 11.4 Å². The minimum absolute atomic E-state index is 0.308. The Balaban J connectivity index is 2.79. The van der Waals surface area contributed by atoms with E-state index in [0.29, 0.717) is 17.5 Å². The molecule has 0 amide bonds. The molecular weight excluding hydrogens is 142 g/mol. The molecule has 5 N–H and O–H groups in total. The zero-order valence-corrected chi connectivity index (χ0v) is 5.70. The van der Waals surface area contributed by atoms with Crippen molar-refractivity contribution in [1.82, 2.24) is 15.0 Å². The van der Waals surface area contributed by atoms with Crippen LogP contribution in [-0.2, 0) is 0 Å². The molecule has 0 saturated carbocycles. The Kier molecular flexibility index (Phi) is 1.00. The summed E-state index contributed by atoms with van der Waals surface area (Å²) in [6.45, 7) is 0. The highest BCUT2D eigenvalue weighted by Crippen LogP contribution is 2.22. The molecule has 2 aliphatic heterocycles. The van der Waals surface area contributed by atoms with Gasteiger partial charge in [-0.2, -0.15) is 4.98 Å². The molecule has 0 atom stereocenters. The Bertz CT molecular complexity index is 352. The van der Waals surface area contributed by atoms with Crippen molar-refractivity contribution in [3.05, 3.63) is 12.3 Å². The van der Waals surface area contributed by atoms with Gasteiger partial charge in [-0.05, 0) is 6.07 Å². The minimum atomic E-state index is 0.308. The number of rotatable bonds is 0. The quantitative estimate of drug-likeness (QED) is 0.494. The maximum Gasteiger partial charge on any atom is 0.199 e. The lowest BCUT2D eigenvalue weighted by Crippen LogP contribution is -2.02. The third-order valence-electron chi connectivity index (χ3n) is 1.45. The van der Waals surface area contributed by atoms with Crippen molar-refractivity contribution in [3.63, 3.8) is 0 Å². The van der Waals surface area contributed by atoms with Gasteiger partial charge in [-0.1, -0.05) is 0 Å². The number of hydrogen-bond acceptors (Lipinski definition) is 4. The van der Waals surface area contributed by atoms with E-state index in [1.54, 1.807) is 12.3 Å². The largest absolute Gasteiger partial charge is 0.382 e. The van der Waals surface area contributed by atoms with Crippen molar-refractivity contribution in [2.45, 2.75) is 0 Å². The minimum Gasteiger partial charge on any atom is -0.382 e. The summed E-state index contributed by atoms with van der Waals surface area (Å²) in [5.41, 5.74) is 12.4. The van der Waals surface area contributed by atoms with Crippen LogP contribution in [0.4, 0.5) is 11.8 Å². The first-order valence-electron chi connectivity index (χ1n) is 3.13. The Morgan fingerprint density at radius 1 is 1.36 bits per heavy atom. The molecular formula is C6H7N5. The second kappa shape index (κ2) is 1.85. The highest BCUT2D eigenvalue weighted by molar-refractivity contribution is 5.69. The second-order valence-electron chi connectivity index (χ2n) is 2.21. The standard InChI is InChI=1S/C6H7N5/c7-5-4-3(1-2-9-4)10-6(8)11-5/h1-2H,7H2,(H3,8,10,11). The van der Waals surface area contributed by atoms with Crippen LogP contribution in [0.25, 0.3) is 11.4 Å². The maximum absolute atomic E-state index is 5.53. The van der Waals surface area contributed by atoms with Crippen LogP contribution in [0.2, 0.25) is 0 Å². The topological polar surface area (TPSA) is 93.6 Å². The molecule has 0 unspecified atom stereocenters. The number of nitrogens with two attached hydrogens (primary N) is 2. The summed E-state index contributed by atoms with van der Waals surface area (Å²) < 4.78 is 0.